The first-order valence-electron chi connectivity index (χ1n) is 6.78. The molecule has 4 heteroatoms. The predicted octanol–water partition coefficient (Wildman–Crippen LogP) is 2.26. The molecule has 104 valence electrons. The molecule has 0 spiro atoms. The van der Waals surface area contributed by atoms with Gasteiger partial charge in [-0.2, -0.15) is 0 Å². The Kier molecular flexibility index (Phi) is 3.32. The topological polar surface area (TPSA) is 45.5 Å². The van der Waals surface area contributed by atoms with E-state index in [-0.39, 0.29) is 18.1 Å². The van der Waals surface area contributed by atoms with Crippen LogP contribution in [-0.4, -0.2) is 23.9 Å². The summed E-state index contributed by atoms with van der Waals surface area (Å²) < 4.78 is 5.63. The van der Waals surface area contributed by atoms with Gasteiger partial charge in [0.05, 0.1) is 6.04 Å². The number of furan rings is 1. The molecule has 0 radical (unpaired) electrons. The molecule has 1 saturated heterocycles. The minimum absolute atomic E-state index is 0.105. The summed E-state index contributed by atoms with van der Waals surface area (Å²) in [4.78, 5) is 14.0. The summed E-state index contributed by atoms with van der Waals surface area (Å²) in [6.45, 7) is 1.90. The van der Waals surface area contributed by atoms with Gasteiger partial charge in [0.1, 0.15) is 17.7 Å². The van der Waals surface area contributed by atoms with E-state index in [1.807, 2.05) is 56.4 Å². The molecule has 2 atom stereocenters. The van der Waals surface area contributed by atoms with Crippen LogP contribution in [0, 0.1) is 6.92 Å². The van der Waals surface area contributed by atoms with Crippen LogP contribution >= 0.6 is 0 Å². The van der Waals surface area contributed by atoms with Crippen LogP contribution in [-0.2, 0) is 11.2 Å². The van der Waals surface area contributed by atoms with Crippen LogP contribution in [0.4, 0.5) is 0 Å². The average Bonchev–Trinajstić information content (AvgIpc) is 2.99. The molecular weight excluding hydrogens is 252 g/mol. The highest BCUT2D eigenvalue weighted by Gasteiger charge is 2.38. The first-order chi connectivity index (χ1) is 9.65. The number of amides is 1. The average molecular weight is 270 g/mol. The maximum Gasteiger partial charge on any atom is 0.241 e. The Balaban J connectivity index is 1.77. The number of rotatable bonds is 3. The largest absolute Gasteiger partial charge is 0.463 e. The van der Waals surface area contributed by atoms with Crippen molar-refractivity contribution in [3.8, 4) is 0 Å². The van der Waals surface area contributed by atoms with Crippen molar-refractivity contribution in [3.05, 3.63) is 59.5 Å². The normalized spacial score (nSPS) is 22.5. The summed E-state index contributed by atoms with van der Waals surface area (Å²) in [6.07, 6.45) is 0.519. The zero-order chi connectivity index (χ0) is 14.1. The van der Waals surface area contributed by atoms with E-state index in [4.69, 9.17) is 4.42 Å². The van der Waals surface area contributed by atoms with Gasteiger partial charge in [0, 0.05) is 7.05 Å². The summed E-state index contributed by atoms with van der Waals surface area (Å²) in [5.41, 5.74) is 1.16. The van der Waals surface area contributed by atoms with Crippen molar-refractivity contribution in [1.29, 1.82) is 0 Å². The highest BCUT2D eigenvalue weighted by Crippen LogP contribution is 2.26. The molecule has 1 aliphatic rings. The monoisotopic (exact) mass is 270 g/mol. The van der Waals surface area contributed by atoms with Gasteiger partial charge < -0.3 is 9.32 Å². The minimum atomic E-state index is -0.196. The zero-order valence-electron chi connectivity index (χ0n) is 11.7. The lowest BCUT2D eigenvalue weighted by molar-refractivity contribution is -0.129. The van der Waals surface area contributed by atoms with E-state index in [2.05, 4.69) is 5.32 Å². The number of nitrogens with zero attached hydrogens (tertiary/aromatic N) is 1. The highest BCUT2D eigenvalue weighted by molar-refractivity contribution is 5.84. The molecule has 0 bridgehead atoms. The molecule has 0 unspecified atom stereocenters. The maximum absolute atomic E-state index is 12.3. The number of carbonyl (C=O) groups excluding carboxylic acids is 1. The molecule has 1 N–H and O–H groups in total. The predicted molar refractivity (Wildman–Crippen MR) is 76.0 cm³/mol. The summed E-state index contributed by atoms with van der Waals surface area (Å²) in [7, 11) is 1.81. The molecule has 0 saturated carbocycles. The standard InChI is InChI=1S/C16H18N2O2/c1-11-8-9-14(20-11)15-17-13(16(19)18(15)2)10-12-6-4-3-5-7-12/h3-9,13,15,17H,10H2,1-2H3/t13-,15+/m0/s1. The Labute approximate surface area is 118 Å². The Morgan fingerprint density at radius 1 is 1.20 bits per heavy atom. The number of benzene rings is 1. The number of hydrogen-bond acceptors (Lipinski definition) is 3. The van der Waals surface area contributed by atoms with Gasteiger partial charge in [0.15, 0.2) is 0 Å². The van der Waals surface area contributed by atoms with E-state index >= 15 is 0 Å². The summed E-state index contributed by atoms with van der Waals surface area (Å²) in [5.74, 6) is 1.75. The van der Waals surface area contributed by atoms with Gasteiger partial charge in [-0.3, -0.25) is 10.1 Å². The Morgan fingerprint density at radius 2 is 1.95 bits per heavy atom. The number of nitrogens with one attached hydrogen (secondary N) is 1. The van der Waals surface area contributed by atoms with E-state index < -0.39 is 0 Å². The van der Waals surface area contributed by atoms with Crippen molar-refractivity contribution in [2.45, 2.75) is 25.6 Å². The van der Waals surface area contributed by atoms with Gasteiger partial charge in [-0.05, 0) is 31.0 Å². The summed E-state index contributed by atoms with van der Waals surface area (Å²) in [5, 5.41) is 3.35. The SMILES string of the molecule is Cc1ccc([C@@H]2N[C@@H](Cc3ccccc3)C(=O)N2C)o1. The third-order valence-electron chi connectivity index (χ3n) is 3.71. The van der Waals surface area contributed by atoms with E-state index in [0.29, 0.717) is 6.42 Å². The molecule has 1 fully saturated rings. The van der Waals surface area contributed by atoms with Crippen molar-refractivity contribution >= 4 is 5.91 Å². The molecule has 2 aromatic rings. The number of aryl methyl sites for hydroxylation is 1. The summed E-state index contributed by atoms with van der Waals surface area (Å²) >= 11 is 0. The molecule has 1 amide bonds. The van der Waals surface area contributed by atoms with E-state index in [1.165, 1.54) is 0 Å². The third kappa shape index (κ3) is 2.34. The molecule has 3 rings (SSSR count). The van der Waals surface area contributed by atoms with Crippen LogP contribution in [0.25, 0.3) is 0 Å². The number of likely N-dealkylation sites (N-methyl/N-ethyl adjacent to an activating group) is 1. The van der Waals surface area contributed by atoms with Gasteiger partial charge >= 0.3 is 0 Å². The Bertz CT molecular complexity index is 606. The smallest absolute Gasteiger partial charge is 0.241 e. The molecule has 4 nitrogen and oxygen atoms in total. The third-order valence-corrected chi connectivity index (χ3v) is 3.71. The fourth-order valence-corrected chi connectivity index (χ4v) is 2.62. The minimum Gasteiger partial charge on any atom is -0.463 e. The highest BCUT2D eigenvalue weighted by atomic mass is 16.3. The van der Waals surface area contributed by atoms with Crippen molar-refractivity contribution in [3.63, 3.8) is 0 Å². The van der Waals surface area contributed by atoms with Gasteiger partial charge in [-0.15, -0.1) is 0 Å². The van der Waals surface area contributed by atoms with Gasteiger partial charge in [0.25, 0.3) is 0 Å². The first-order valence-corrected chi connectivity index (χ1v) is 6.78. The van der Waals surface area contributed by atoms with Crippen LogP contribution in [0.15, 0.2) is 46.9 Å². The molecule has 20 heavy (non-hydrogen) atoms. The summed E-state index contributed by atoms with van der Waals surface area (Å²) in [6, 6.07) is 13.7. The maximum atomic E-state index is 12.3. The van der Waals surface area contributed by atoms with Crippen LogP contribution < -0.4 is 5.32 Å². The number of hydrogen-bond donors (Lipinski definition) is 1. The number of carbonyl (C=O) groups is 1. The van der Waals surface area contributed by atoms with E-state index in [9.17, 15) is 4.79 Å². The van der Waals surface area contributed by atoms with Crippen molar-refractivity contribution in [1.82, 2.24) is 10.2 Å². The van der Waals surface area contributed by atoms with Crippen LogP contribution in [0.5, 0.6) is 0 Å². The molecule has 1 aromatic heterocycles. The van der Waals surface area contributed by atoms with Crippen LogP contribution in [0.3, 0.4) is 0 Å². The van der Waals surface area contributed by atoms with Gasteiger partial charge in [-0.25, -0.2) is 0 Å². The zero-order valence-corrected chi connectivity index (χ0v) is 11.7. The van der Waals surface area contributed by atoms with E-state index in [1.54, 1.807) is 4.90 Å². The van der Waals surface area contributed by atoms with Crippen LogP contribution in [0.2, 0.25) is 0 Å². The second kappa shape index (κ2) is 5.13. The molecule has 1 aliphatic heterocycles. The lowest BCUT2D eigenvalue weighted by Gasteiger charge is -2.16. The molecule has 0 aliphatic carbocycles. The lowest BCUT2D eigenvalue weighted by Crippen LogP contribution is -2.31. The van der Waals surface area contributed by atoms with Crippen molar-refractivity contribution in [2.75, 3.05) is 7.05 Å². The van der Waals surface area contributed by atoms with Crippen molar-refractivity contribution < 1.29 is 9.21 Å². The lowest BCUT2D eigenvalue weighted by atomic mass is 10.1. The quantitative estimate of drug-likeness (QED) is 0.930. The Morgan fingerprint density at radius 3 is 2.60 bits per heavy atom. The second-order valence-electron chi connectivity index (χ2n) is 5.21. The van der Waals surface area contributed by atoms with E-state index in [0.717, 1.165) is 17.1 Å². The second-order valence-corrected chi connectivity index (χ2v) is 5.21. The van der Waals surface area contributed by atoms with Gasteiger partial charge in [0.2, 0.25) is 5.91 Å². The fourth-order valence-electron chi connectivity index (χ4n) is 2.62. The fraction of sp³-hybridized carbons (Fsp3) is 0.312. The molecule has 1 aromatic carbocycles. The Hall–Kier alpha value is -2.07. The first kappa shape index (κ1) is 12.9. The van der Waals surface area contributed by atoms with Crippen molar-refractivity contribution in [2.24, 2.45) is 0 Å². The molecular formula is C16H18N2O2. The molecule has 2 heterocycles. The van der Waals surface area contributed by atoms with Crippen LogP contribution in [0.1, 0.15) is 23.2 Å². The van der Waals surface area contributed by atoms with Gasteiger partial charge in [-0.1, -0.05) is 30.3 Å².